The number of hydrogen-bond acceptors (Lipinski definition) is 4. The van der Waals surface area contributed by atoms with Crippen molar-refractivity contribution < 1.29 is 19.1 Å². The molecule has 7 nitrogen and oxygen atoms in total. The Morgan fingerprint density at radius 1 is 0.880 bits per heavy atom. The zero-order valence-electron chi connectivity index (χ0n) is 13.7. The van der Waals surface area contributed by atoms with Crippen LogP contribution in [0.5, 0.6) is 5.75 Å². The lowest BCUT2D eigenvalue weighted by Crippen LogP contribution is -2.46. The number of carbonyl (C=O) groups excluding carboxylic acids is 3. The maximum atomic E-state index is 11.8. The van der Waals surface area contributed by atoms with E-state index in [0.717, 1.165) is 5.56 Å². The minimum atomic E-state index is -0.548. The van der Waals surface area contributed by atoms with Gasteiger partial charge in [0.25, 0.3) is 17.7 Å². The molecular formula is C18H19N3O4. The fraction of sp³-hybridized carbons (Fsp3) is 0.167. The van der Waals surface area contributed by atoms with Crippen molar-refractivity contribution >= 4 is 17.7 Å². The van der Waals surface area contributed by atoms with Crippen LogP contribution >= 0.6 is 0 Å². The fourth-order valence-electron chi connectivity index (χ4n) is 1.84. The van der Waals surface area contributed by atoms with Crippen molar-refractivity contribution in [1.29, 1.82) is 0 Å². The highest BCUT2D eigenvalue weighted by molar-refractivity contribution is 5.95. The molecule has 3 N–H and O–H groups in total. The average Bonchev–Trinajstić information content (AvgIpc) is 2.64. The Bertz CT molecular complexity index is 730. The van der Waals surface area contributed by atoms with Crippen LogP contribution in [0.3, 0.4) is 0 Å². The molecule has 0 unspecified atom stereocenters. The van der Waals surface area contributed by atoms with E-state index in [9.17, 15) is 14.4 Å². The van der Waals surface area contributed by atoms with Crippen molar-refractivity contribution in [3.8, 4) is 5.75 Å². The van der Waals surface area contributed by atoms with Gasteiger partial charge < -0.3 is 10.1 Å². The first-order valence-electron chi connectivity index (χ1n) is 7.65. The van der Waals surface area contributed by atoms with Crippen LogP contribution in [0.25, 0.3) is 0 Å². The topological polar surface area (TPSA) is 96.5 Å². The molecule has 2 aromatic carbocycles. The predicted molar refractivity (Wildman–Crippen MR) is 91.7 cm³/mol. The maximum absolute atomic E-state index is 11.8. The number of rotatable bonds is 6. The Morgan fingerprint density at radius 3 is 2.24 bits per heavy atom. The number of ether oxygens (including phenoxy) is 1. The quantitative estimate of drug-likeness (QED) is 0.682. The molecule has 3 amide bonds. The van der Waals surface area contributed by atoms with Gasteiger partial charge in [-0.15, -0.1) is 0 Å². The highest BCUT2D eigenvalue weighted by atomic mass is 16.5. The lowest BCUT2D eigenvalue weighted by atomic mass is 10.1. The van der Waals surface area contributed by atoms with Gasteiger partial charge in [0.05, 0.1) is 6.54 Å². The summed E-state index contributed by atoms with van der Waals surface area (Å²) in [6.45, 7) is 1.44. The molecule has 0 aromatic heterocycles. The maximum Gasteiger partial charge on any atom is 0.269 e. The molecule has 2 aromatic rings. The summed E-state index contributed by atoms with van der Waals surface area (Å²) >= 11 is 0. The Labute approximate surface area is 145 Å². The summed E-state index contributed by atoms with van der Waals surface area (Å²) in [4.78, 5) is 35.1. The van der Waals surface area contributed by atoms with Gasteiger partial charge in [0.1, 0.15) is 5.75 Å². The Hall–Kier alpha value is -3.35. The van der Waals surface area contributed by atoms with Crippen LogP contribution in [0.15, 0.2) is 54.6 Å². The molecule has 0 bridgehead atoms. The molecule has 0 heterocycles. The van der Waals surface area contributed by atoms with Crippen LogP contribution in [-0.4, -0.2) is 30.9 Å². The molecule has 2 rings (SSSR count). The first kappa shape index (κ1) is 18.0. The van der Waals surface area contributed by atoms with E-state index in [1.54, 1.807) is 48.5 Å². The van der Waals surface area contributed by atoms with Crippen LogP contribution in [-0.2, 0) is 9.59 Å². The van der Waals surface area contributed by atoms with Crippen molar-refractivity contribution in [3.05, 3.63) is 65.7 Å². The van der Waals surface area contributed by atoms with Crippen molar-refractivity contribution in [2.45, 2.75) is 6.92 Å². The number of hydrazine groups is 1. The molecule has 0 saturated carbocycles. The molecule has 130 valence electrons. The van der Waals surface area contributed by atoms with Crippen molar-refractivity contribution in [1.82, 2.24) is 16.2 Å². The van der Waals surface area contributed by atoms with Crippen molar-refractivity contribution in [2.75, 3.05) is 13.2 Å². The monoisotopic (exact) mass is 341 g/mol. The number of hydrogen-bond donors (Lipinski definition) is 3. The first-order valence-corrected chi connectivity index (χ1v) is 7.65. The van der Waals surface area contributed by atoms with Crippen molar-refractivity contribution in [3.63, 3.8) is 0 Å². The van der Waals surface area contributed by atoms with Gasteiger partial charge >= 0.3 is 0 Å². The van der Waals surface area contributed by atoms with Gasteiger partial charge in [-0.05, 0) is 31.2 Å². The third kappa shape index (κ3) is 6.34. The van der Waals surface area contributed by atoms with Crippen LogP contribution in [0.1, 0.15) is 15.9 Å². The third-order valence-electron chi connectivity index (χ3n) is 3.19. The Morgan fingerprint density at radius 2 is 1.56 bits per heavy atom. The van der Waals surface area contributed by atoms with Gasteiger partial charge in [-0.25, -0.2) is 0 Å². The largest absolute Gasteiger partial charge is 0.484 e. The summed E-state index contributed by atoms with van der Waals surface area (Å²) < 4.78 is 5.25. The van der Waals surface area contributed by atoms with Crippen LogP contribution in [0.4, 0.5) is 0 Å². The minimum absolute atomic E-state index is 0.201. The minimum Gasteiger partial charge on any atom is -0.484 e. The molecule has 25 heavy (non-hydrogen) atoms. The number of benzene rings is 2. The molecule has 0 saturated heterocycles. The van der Waals surface area contributed by atoms with E-state index in [2.05, 4.69) is 16.2 Å². The number of nitrogens with one attached hydrogen (secondary N) is 3. The number of amides is 3. The number of aryl methyl sites for hydroxylation is 1. The SMILES string of the molecule is Cc1ccc(C(=O)NNC(=O)CNC(=O)COc2ccccc2)cc1. The van der Waals surface area contributed by atoms with E-state index in [1.165, 1.54) is 0 Å². The molecule has 0 atom stereocenters. The van der Waals surface area contributed by atoms with Gasteiger partial charge in [-0.2, -0.15) is 0 Å². The van der Waals surface area contributed by atoms with Crippen LogP contribution < -0.4 is 20.9 Å². The summed E-state index contributed by atoms with van der Waals surface area (Å²) in [6, 6.07) is 15.8. The van der Waals surface area contributed by atoms with Gasteiger partial charge in [-0.1, -0.05) is 35.9 Å². The molecule has 7 heteroatoms. The summed E-state index contributed by atoms with van der Waals surface area (Å²) in [7, 11) is 0. The standard InChI is InChI=1S/C18H19N3O4/c1-13-7-9-14(10-8-13)18(24)21-20-16(22)11-19-17(23)12-25-15-5-3-2-4-6-15/h2-10H,11-12H2,1H3,(H,19,23)(H,20,22)(H,21,24). The average molecular weight is 341 g/mol. The molecule has 0 aliphatic carbocycles. The summed E-state index contributed by atoms with van der Waals surface area (Å²) in [6.07, 6.45) is 0. The summed E-state index contributed by atoms with van der Waals surface area (Å²) in [5.41, 5.74) is 5.96. The third-order valence-corrected chi connectivity index (χ3v) is 3.19. The lowest BCUT2D eigenvalue weighted by molar-refractivity contribution is -0.127. The molecule has 0 spiro atoms. The van der Waals surface area contributed by atoms with E-state index in [0.29, 0.717) is 11.3 Å². The van der Waals surface area contributed by atoms with E-state index in [1.807, 2.05) is 13.0 Å². The Balaban J connectivity index is 1.65. The van der Waals surface area contributed by atoms with E-state index >= 15 is 0 Å². The molecule has 0 radical (unpaired) electrons. The van der Waals surface area contributed by atoms with E-state index in [-0.39, 0.29) is 13.2 Å². The normalized spacial score (nSPS) is 9.80. The number of carbonyl (C=O) groups is 3. The molecular weight excluding hydrogens is 322 g/mol. The van der Waals surface area contributed by atoms with Crippen molar-refractivity contribution in [2.24, 2.45) is 0 Å². The molecule has 0 fully saturated rings. The zero-order valence-corrected chi connectivity index (χ0v) is 13.7. The van der Waals surface area contributed by atoms with Gasteiger partial charge in [0.2, 0.25) is 0 Å². The fourth-order valence-corrected chi connectivity index (χ4v) is 1.84. The predicted octanol–water partition coefficient (Wildman–Crippen LogP) is 0.951. The van der Waals surface area contributed by atoms with Crippen LogP contribution in [0.2, 0.25) is 0 Å². The molecule has 0 aliphatic rings. The highest BCUT2D eigenvalue weighted by Gasteiger charge is 2.09. The van der Waals surface area contributed by atoms with Gasteiger partial charge in [0, 0.05) is 5.56 Å². The second-order valence-electron chi connectivity index (χ2n) is 5.25. The second-order valence-corrected chi connectivity index (χ2v) is 5.25. The van der Waals surface area contributed by atoms with Crippen LogP contribution in [0, 0.1) is 6.92 Å². The lowest BCUT2D eigenvalue weighted by Gasteiger charge is -2.09. The summed E-state index contributed by atoms with van der Waals surface area (Å²) in [5.74, 6) is -0.864. The summed E-state index contributed by atoms with van der Waals surface area (Å²) in [5, 5.41) is 2.40. The molecule has 0 aliphatic heterocycles. The zero-order chi connectivity index (χ0) is 18.1. The highest BCUT2D eigenvalue weighted by Crippen LogP contribution is 2.07. The van der Waals surface area contributed by atoms with Gasteiger partial charge in [0.15, 0.2) is 6.61 Å². The first-order chi connectivity index (χ1) is 12.0. The van der Waals surface area contributed by atoms with E-state index < -0.39 is 17.7 Å². The van der Waals surface area contributed by atoms with Gasteiger partial charge in [-0.3, -0.25) is 25.2 Å². The Kier molecular flexibility index (Phi) is 6.53. The smallest absolute Gasteiger partial charge is 0.269 e. The second kappa shape index (κ2) is 9.07. The van der Waals surface area contributed by atoms with E-state index in [4.69, 9.17) is 4.74 Å². The number of para-hydroxylation sites is 1.